The first-order chi connectivity index (χ1) is 13.3. The van der Waals surface area contributed by atoms with Crippen molar-refractivity contribution in [1.29, 1.82) is 0 Å². The fraction of sp³-hybridized carbons (Fsp3) is 0.304. The first-order valence-corrected chi connectivity index (χ1v) is 9.46. The maximum atomic E-state index is 10.8. The molecule has 0 bridgehead atoms. The van der Waals surface area contributed by atoms with E-state index in [1.807, 2.05) is 32.0 Å². The highest BCUT2D eigenvalue weighted by Gasteiger charge is 2.29. The average Bonchev–Trinajstić information content (AvgIpc) is 2.61. The van der Waals surface area contributed by atoms with Gasteiger partial charge < -0.3 is 25.4 Å². The number of hydrogen-bond donors (Lipinski definition) is 4. The summed E-state index contributed by atoms with van der Waals surface area (Å²) >= 11 is 0. The van der Waals surface area contributed by atoms with Crippen molar-refractivity contribution in [3.8, 4) is 34.1 Å². The van der Waals surface area contributed by atoms with Gasteiger partial charge in [0.25, 0.3) is 0 Å². The van der Waals surface area contributed by atoms with Crippen molar-refractivity contribution in [2.24, 2.45) is 0 Å². The van der Waals surface area contributed by atoms with Gasteiger partial charge in [-0.25, -0.2) is 0 Å². The Labute approximate surface area is 164 Å². The number of nitrogens with one attached hydrogen (secondary N) is 1. The van der Waals surface area contributed by atoms with Gasteiger partial charge in [0, 0.05) is 29.3 Å². The van der Waals surface area contributed by atoms with E-state index in [1.54, 1.807) is 13.2 Å². The lowest BCUT2D eigenvalue weighted by Gasteiger charge is -2.32. The summed E-state index contributed by atoms with van der Waals surface area (Å²) in [6.07, 6.45) is 0.683. The van der Waals surface area contributed by atoms with Crippen LogP contribution < -0.4 is 10.1 Å². The normalized spacial score (nSPS) is 18.9. The fourth-order valence-electron chi connectivity index (χ4n) is 4.54. The molecule has 4 N–H and O–H groups in total. The number of phenols is 3. The predicted molar refractivity (Wildman–Crippen MR) is 110 cm³/mol. The van der Waals surface area contributed by atoms with Crippen LogP contribution in [0.15, 0.2) is 30.3 Å². The Morgan fingerprint density at radius 2 is 1.75 bits per heavy atom. The number of ether oxygens (including phenoxy) is 1. The van der Waals surface area contributed by atoms with Gasteiger partial charge in [0.05, 0.1) is 12.5 Å². The van der Waals surface area contributed by atoms with Crippen LogP contribution >= 0.6 is 0 Å². The van der Waals surface area contributed by atoms with Gasteiger partial charge in [-0.2, -0.15) is 0 Å². The van der Waals surface area contributed by atoms with Crippen molar-refractivity contribution in [2.75, 3.05) is 7.11 Å². The summed E-state index contributed by atoms with van der Waals surface area (Å²) < 4.78 is 5.50. The molecule has 0 aliphatic carbocycles. The summed E-state index contributed by atoms with van der Waals surface area (Å²) in [6, 6.07) is 8.90. The van der Waals surface area contributed by atoms with E-state index in [0.29, 0.717) is 23.1 Å². The molecule has 1 aliphatic heterocycles. The number of rotatable bonds is 2. The van der Waals surface area contributed by atoms with E-state index in [1.165, 1.54) is 6.07 Å². The van der Waals surface area contributed by atoms with Crippen LogP contribution in [0.3, 0.4) is 0 Å². The molecule has 4 rings (SSSR count). The van der Waals surface area contributed by atoms with E-state index in [2.05, 4.69) is 12.2 Å². The lowest BCUT2D eigenvalue weighted by molar-refractivity contribution is 0.402. The minimum Gasteiger partial charge on any atom is -0.507 e. The highest BCUT2D eigenvalue weighted by atomic mass is 16.5. The van der Waals surface area contributed by atoms with Crippen molar-refractivity contribution in [3.63, 3.8) is 0 Å². The van der Waals surface area contributed by atoms with E-state index < -0.39 is 0 Å². The average molecular weight is 379 g/mol. The molecule has 1 heterocycles. The molecule has 0 amide bonds. The first-order valence-electron chi connectivity index (χ1n) is 9.46. The molecule has 0 saturated carbocycles. The number of phenolic OH excluding ortho intramolecular Hbond substituents is 3. The molecule has 5 heteroatoms. The quantitative estimate of drug-likeness (QED) is 0.526. The second kappa shape index (κ2) is 6.60. The number of aryl methyl sites for hydroxylation is 1. The van der Waals surface area contributed by atoms with Crippen LogP contribution in [0, 0.1) is 6.92 Å². The molecule has 2 atom stereocenters. The fourth-order valence-corrected chi connectivity index (χ4v) is 4.54. The molecule has 5 nitrogen and oxygen atoms in total. The van der Waals surface area contributed by atoms with Crippen LogP contribution in [0.5, 0.6) is 23.0 Å². The van der Waals surface area contributed by atoms with Crippen LogP contribution in [-0.4, -0.2) is 28.5 Å². The number of aromatic hydroxyl groups is 3. The zero-order chi connectivity index (χ0) is 20.2. The molecule has 3 aromatic rings. The molecule has 0 fully saturated rings. The predicted octanol–water partition coefficient (Wildman–Crippen LogP) is 4.54. The molecule has 0 spiro atoms. The van der Waals surface area contributed by atoms with Gasteiger partial charge in [-0.15, -0.1) is 0 Å². The van der Waals surface area contributed by atoms with E-state index in [-0.39, 0.29) is 29.3 Å². The summed E-state index contributed by atoms with van der Waals surface area (Å²) in [4.78, 5) is 0. The zero-order valence-corrected chi connectivity index (χ0v) is 16.5. The monoisotopic (exact) mass is 379 g/mol. The summed E-state index contributed by atoms with van der Waals surface area (Å²) in [7, 11) is 1.58. The molecule has 28 heavy (non-hydrogen) atoms. The van der Waals surface area contributed by atoms with Crippen molar-refractivity contribution >= 4 is 10.8 Å². The smallest absolute Gasteiger partial charge is 0.130 e. The summed E-state index contributed by atoms with van der Waals surface area (Å²) in [5, 5.41) is 36.7. The third-order valence-electron chi connectivity index (χ3n) is 5.60. The Bertz CT molecular complexity index is 1090. The van der Waals surface area contributed by atoms with Crippen LogP contribution in [0.4, 0.5) is 0 Å². The Morgan fingerprint density at radius 1 is 1.00 bits per heavy atom. The van der Waals surface area contributed by atoms with Crippen LogP contribution in [0.2, 0.25) is 0 Å². The summed E-state index contributed by atoms with van der Waals surface area (Å²) in [5.41, 5.74) is 4.25. The lowest BCUT2D eigenvalue weighted by atomic mass is 9.83. The van der Waals surface area contributed by atoms with E-state index in [9.17, 15) is 15.3 Å². The zero-order valence-electron chi connectivity index (χ0n) is 16.5. The molecule has 3 aromatic carbocycles. The Morgan fingerprint density at radius 3 is 2.46 bits per heavy atom. The van der Waals surface area contributed by atoms with Crippen molar-refractivity contribution < 1.29 is 20.1 Å². The molecule has 0 radical (unpaired) electrons. The van der Waals surface area contributed by atoms with Crippen molar-refractivity contribution in [3.05, 3.63) is 47.0 Å². The Kier molecular flexibility index (Phi) is 4.35. The maximum absolute atomic E-state index is 10.8. The first kappa shape index (κ1) is 18.4. The van der Waals surface area contributed by atoms with Gasteiger partial charge >= 0.3 is 0 Å². The third-order valence-corrected chi connectivity index (χ3v) is 5.60. The summed E-state index contributed by atoms with van der Waals surface area (Å²) in [5.74, 6) is 0.848. The highest BCUT2D eigenvalue weighted by Crippen LogP contribution is 2.48. The highest BCUT2D eigenvalue weighted by molar-refractivity contribution is 6.05. The second-order valence-corrected chi connectivity index (χ2v) is 7.70. The van der Waals surface area contributed by atoms with E-state index in [4.69, 9.17) is 4.74 Å². The maximum Gasteiger partial charge on any atom is 0.130 e. The number of fused-ring (bicyclic) bond motifs is 2. The molecular formula is C23H25NO4. The Balaban J connectivity index is 2.12. The second-order valence-electron chi connectivity index (χ2n) is 7.70. The minimum atomic E-state index is -0.0299. The van der Waals surface area contributed by atoms with Crippen LogP contribution in [0.1, 0.15) is 36.6 Å². The van der Waals surface area contributed by atoms with Crippen molar-refractivity contribution in [2.45, 2.75) is 39.3 Å². The molecule has 1 unspecified atom stereocenters. The van der Waals surface area contributed by atoms with Gasteiger partial charge in [-0.1, -0.05) is 6.07 Å². The standard InChI is InChI=1S/C23H25NO4/c1-11-7-15-14(5-6-17(25)23(15)20(8-11)28-4)22-16-9-12(2)24-13(3)21(16)18(26)10-19(22)27/h5-8,10,12-13,24-27H,9H2,1-4H3/t12?,13-/m1/s1. The topological polar surface area (TPSA) is 82.0 Å². The largest absolute Gasteiger partial charge is 0.507 e. The number of benzene rings is 3. The van der Waals surface area contributed by atoms with Crippen LogP contribution in [-0.2, 0) is 6.42 Å². The number of hydrogen-bond acceptors (Lipinski definition) is 5. The Hall–Kier alpha value is -2.92. The summed E-state index contributed by atoms with van der Waals surface area (Å²) in [6.45, 7) is 6.07. The molecule has 1 aliphatic rings. The van der Waals surface area contributed by atoms with Gasteiger partial charge in [0.15, 0.2) is 0 Å². The van der Waals surface area contributed by atoms with E-state index in [0.717, 1.165) is 27.6 Å². The molecular weight excluding hydrogens is 354 g/mol. The SMILES string of the molecule is COc1cc(C)cc2c(-c3c(O)cc(O)c4c3CC(C)N[C@@H]4C)ccc(O)c12. The van der Waals surface area contributed by atoms with Gasteiger partial charge in [0.1, 0.15) is 23.0 Å². The number of methoxy groups -OCH3 is 1. The minimum absolute atomic E-state index is 0.0299. The van der Waals surface area contributed by atoms with Gasteiger partial charge in [0.2, 0.25) is 0 Å². The van der Waals surface area contributed by atoms with Gasteiger partial charge in [-0.05, 0) is 67.5 Å². The molecule has 146 valence electrons. The molecule has 0 aromatic heterocycles. The van der Waals surface area contributed by atoms with Crippen LogP contribution in [0.25, 0.3) is 21.9 Å². The lowest BCUT2D eigenvalue weighted by Crippen LogP contribution is -2.36. The van der Waals surface area contributed by atoms with Gasteiger partial charge in [-0.3, -0.25) is 0 Å². The third kappa shape index (κ3) is 2.74. The van der Waals surface area contributed by atoms with E-state index >= 15 is 0 Å². The van der Waals surface area contributed by atoms with Crippen molar-refractivity contribution in [1.82, 2.24) is 5.32 Å². The molecule has 0 saturated heterocycles.